The number of hydrogen-bond donors (Lipinski definition) is 4. The Labute approximate surface area is 217 Å². The average molecular weight is 519 g/mol. The van der Waals surface area contributed by atoms with E-state index in [1.807, 2.05) is 0 Å². The molecule has 0 aliphatic rings. The standard InChI is InChI=1S/C26H23ClN6O4/c1-29-30-16-33(28)22-13-10-20(27)15-19(22)9-14-23(34)32-24(17-5-3-2-4-6-17)25(35)31-21-11-7-18(8-12-21)26(36)37/h2-16,24H,1,28H2,(H,31,35)(H,32,34)(H,36,37)/b14-9+,30-16-. The Morgan fingerprint density at radius 2 is 1.76 bits per heavy atom. The number of amides is 2. The van der Waals surface area contributed by atoms with Crippen LogP contribution in [0.15, 0.2) is 89.1 Å². The van der Waals surface area contributed by atoms with Gasteiger partial charge in [-0.25, -0.2) is 10.6 Å². The predicted octanol–water partition coefficient (Wildman–Crippen LogP) is 3.87. The molecule has 5 N–H and O–H groups in total. The molecule has 3 aromatic carbocycles. The van der Waals surface area contributed by atoms with E-state index in [1.54, 1.807) is 48.5 Å². The largest absolute Gasteiger partial charge is 0.478 e. The van der Waals surface area contributed by atoms with Gasteiger partial charge in [-0.05, 0) is 54.1 Å². The third-order valence-corrected chi connectivity index (χ3v) is 5.26. The van der Waals surface area contributed by atoms with Gasteiger partial charge < -0.3 is 15.7 Å². The maximum absolute atomic E-state index is 13.1. The smallest absolute Gasteiger partial charge is 0.335 e. The minimum atomic E-state index is -1.08. The van der Waals surface area contributed by atoms with Crippen LogP contribution in [0.4, 0.5) is 11.4 Å². The fourth-order valence-electron chi connectivity index (χ4n) is 3.26. The van der Waals surface area contributed by atoms with E-state index in [1.165, 1.54) is 47.8 Å². The first-order valence-corrected chi connectivity index (χ1v) is 11.2. The molecule has 0 saturated carbocycles. The van der Waals surface area contributed by atoms with E-state index in [-0.39, 0.29) is 5.56 Å². The Bertz CT molecular complexity index is 1340. The summed E-state index contributed by atoms with van der Waals surface area (Å²) in [5, 5.41) is 23.1. The summed E-state index contributed by atoms with van der Waals surface area (Å²) in [6.45, 7) is 3.25. The molecular formula is C26H23ClN6O4. The molecule has 0 fully saturated rings. The Hall–Kier alpha value is -4.80. The average Bonchev–Trinajstić information content (AvgIpc) is 2.90. The van der Waals surface area contributed by atoms with Crippen LogP contribution in [0.2, 0.25) is 5.02 Å². The van der Waals surface area contributed by atoms with Crippen molar-refractivity contribution in [2.45, 2.75) is 6.04 Å². The number of carboxylic acids is 1. The van der Waals surface area contributed by atoms with Gasteiger partial charge >= 0.3 is 5.97 Å². The number of carboxylic acid groups (broad SMARTS) is 1. The van der Waals surface area contributed by atoms with Crippen molar-refractivity contribution >= 4 is 59.9 Å². The van der Waals surface area contributed by atoms with Gasteiger partial charge in [0.1, 0.15) is 12.4 Å². The van der Waals surface area contributed by atoms with E-state index in [0.717, 1.165) is 0 Å². The number of rotatable bonds is 10. The molecule has 0 radical (unpaired) electrons. The molecule has 2 amide bonds. The summed E-state index contributed by atoms with van der Waals surface area (Å²) < 4.78 is 0. The fourth-order valence-corrected chi connectivity index (χ4v) is 3.44. The zero-order chi connectivity index (χ0) is 26.8. The zero-order valence-corrected chi connectivity index (χ0v) is 20.2. The molecule has 37 heavy (non-hydrogen) atoms. The van der Waals surface area contributed by atoms with Gasteiger partial charge in [0, 0.05) is 29.1 Å². The summed E-state index contributed by atoms with van der Waals surface area (Å²) >= 11 is 6.11. The topological polar surface area (TPSA) is 149 Å². The molecule has 3 aromatic rings. The number of nitrogens with zero attached hydrogens (tertiary/aromatic N) is 3. The summed E-state index contributed by atoms with van der Waals surface area (Å²) in [6.07, 6.45) is 3.99. The molecule has 0 spiro atoms. The van der Waals surface area contributed by atoms with Crippen molar-refractivity contribution in [1.29, 1.82) is 0 Å². The number of carbonyl (C=O) groups excluding carboxylic acids is 2. The highest BCUT2D eigenvalue weighted by Crippen LogP contribution is 2.24. The second-order valence-electron chi connectivity index (χ2n) is 7.54. The SMILES string of the molecule is C=N/N=C\N(N)c1ccc(Cl)cc1/C=C/C(=O)NC(C(=O)Nc1ccc(C(=O)O)cc1)c1ccccc1. The van der Waals surface area contributed by atoms with Gasteiger partial charge in [-0.15, -0.1) is 5.10 Å². The monoisotopic (exact) mass is 518 g/mol. The van der Waals surface area contributed by atoms with Gasteiger partial charge in [0.05, 0.1) is 11.3 Å². The summed E-state index contributed by atoms with van der Waals surface area (Å²) in [5.41, 5.74) is 2.01. The maximum Gasteiger partial charge on any atom is 0.335 e. The molecule has 1 unspecified atom stereocenters. The van der Waals surface area contributed by atoms with Crippen LogP contribution in [0.5, 0.6) is 0 Å². The van der Waals surface area contributed by atoms with Crippen molar-refractivity contribution in [1.82, 2.24) is 5.32 Å². The number of halogens is 1. The number of aromatic carboxylic acids is 1. The first kappa shape index (κ1) is 26.8. The van der Waals surface area contributed by atoms with Crippen LogP contribution in [0.1, 0.15) is 27.5 Å². The van der Waals surface area contributed by atoms with Crippen LogP contribution in [0, 0.1) is 0 Å². The molecule has 11 heteroatoms. The minimum Gasteiger partial charge on any atom is -0.478 e. The van der Waals surface area contributed by atoms with Gasteiger partial charge in [-0.2, -0.15) is 5.10 Å². The third kappa shape index (κ3) is 7.59. The van der Waals surface area contributed by atoms with Gasteiger partial charge in [0.25, 0.3) is 5.91 Å². The highest BCUT2D eigenvalue weighted by atomic mass is 35.5. The molecule has 0 bridgehead atoms. The van der Waals surface area contributed by atoms with E-state index in [0.29, 0.717) is 27.5 Å². The Morgan fingerprint density at radius 3 is 2.41 bits per heavy atom. The van der Waals surface area contributed by atoms with Crippen molar-refractivity contribution in [3.05, 3.63) is 101 Å². The number of nitrogens with one attached hydrogen (secondary N) is 2. The minimum absolute atomic E-state index is 0.0829. The van der Waals surface area contributed by atoms with Crippen LogP contribution >= 0.6 is 11.6 Å². The number of hydrazine groups is 1. The molecule has 0 saturated heterocycles. The molecule has 3 rings (SSSR count). The lowest BCUT2D eigenvalue weighted by Crippen LogP contribution is -2.36. The summed E-state index contributed by atoms with van der Waals surface area (Å²) in [5.74, 6) is 3.82. The van der Waals surface area contributed by atoms with Crippen LogP contribution in [-0.4, -0.2) is 35.9 Å². The molecular weight excluding hydrogens is 496 g/mol. The quantitative estimate of drug-likeness (QED) is 0.105. The van der Waals surface area contributed by atoms with Gasteiger partial charge in [0.15, 0.2) is 0 Å². The second-order valence-corrected chi connectivity index (χ2v) is 7.98. The van der Waals surface area contributed by atoms with E-state index in [9.17, 15) is 14.4 Å². The zero-order valence-electron chi connectivity index (χ0n) is 19.4. The number of nitrogens with two attached hydrogens (primary N) is 1. The highest BCUT2D eigenvalue weighted by molar-refractivity contribution is 6.30. The van der Waals surface area contributed by atoms with Crippen molar-refractivity contribution < 1.29 is 19.5 Å². The lowest BCUT2D eigenvalue weighted by Gasteiger charge is -2.18. The third-order valence-electron chi connectivity index (χ3n) is 5.02. The van der Waals surface area contributed by atoms with E-state index < -0.39 is 23.8 Å². The van der Waals surface area contributed by atoms with Crippen LogP contribution in [-0.2, 0) is 9.59 Å². The molecule has 0 aliphatic heterocycles. The van der Waals surface area contributed by atoms with Gasteiger partial charge in [-0.1, -0.05) is 41.9 Å². The normalized spacial score (nSPS) is 11.7. The molecule has 1 atom stereocenters. The number of benzene rings is 3. The Balaban J connectivity index is 1.81. The van der Waals surface area contributed by atoms with Crippen molar-refractivity contribution in [3.63, 3.8) is 0 Å². The molecule has 0 heterocycles. The lowest BCUT2D eigenvalue weighted by atomic mass is 10.1. The van der Waals surface area contributed by atoms with Crippen LogP contribution < -0.4 is 21.5 Å². The Kier molecular flexibility index (Phi) is 9.25. The van der Waals surface area contributed by atoms with Crippen molar-refractivity contribution in [3.8, 4) is 0 Å². The molecule has 188 valence electrons. The second kappa shape index (κ2) is 12.8. The highest BCUT2D eigenvalue weighted by Gasteiger charge is 2.22. The summed E-state index contributed by atoms with van der Waals surface area (Å²) in [7, 11) is 0. The first-order chi connectivity index (χ1) is 17.8. The van der Waals surface area contributed by atoms with Crippen LogP contribution in [0.3, 0.4) is 0 Å². The Morgan fingerprint density at radius 1 is 1.05 bits per heavy atom. The number of carbonyl (C=O) groups is 3. The van der Waals surface area contributed by atoms with Crippen molar-refractivity contribution in [2.24, 2.45) is 16.0 Å². The molecule has 10 nitrogen and oxygen atoms in total. The molecule has 0 aromatic heterocycles. The number of hydrogen-bond acceptors (Lipinski definition) is 6. The van der Waals surface area contributed by atoms with E-state index >= 15 is 0 Å². The van der Waals surface area contributed by atoms with E-state index in [4.69, 9.17) is 22.6 Å². The van der Waals surface area contributed by atoms with Gasteiger partial charge in [0.2, 0.25) is 5.91 Å². The summed E-state index contributed by atoms with van der Waals surface area (Å²) in [4.78, 5) is 37.0. The van der Waals surface area contributed by atoms with Gasteiger partial charge in [-0.3, -0.25) is 14.6 Å². The van der Waals surface area contributed by atoms with Crippen molar-refractivity contribution in [2.75, 3.05) is 10.3 Å². The van der Waals surface area contributed by atoms with E-state index in [2.05, 4.69) is 27.6 Å². The first-order valence-electron chi connectivity index (χ1n) is 10.8. The fraction of sp³-hybridized carbons (Fsp3) is 0.0385. The predicted molar refractivity (Wildman–Crippen MR) is 145 cm³/mol. The summed E-state index contributed by atoms with van der Waals surface area (Å²) in [6, 6.07) is 18.2. The lowest BCUT2D eigenvalue weighted by molar-refractivity contribution is -0.123. The number of anilines is 2. The molecule has 0 aliphatic carbocycles. The maximum atomic E-state index is 13.1. The van der Waals surface area contributed by atoms with Crippen LogP contribution in [0.25, 0.3) is 6.08 Å².